The van der Waals surface area contributed by atoms with Gasteiger partial charge >= 0.3 is 5.69 Å². The number of benzene rings is 1. The Labute approximate surface area is 81.8 Å². The Morgan fingerprint density at radius 1 is 1.62 bits per heavy atom. The van der Waals surface area contributed by atoms with Crippen molar-refractivity contribution in [3.05, 3.63) is 38.1 Å². The molecule has 1 aromatic rings. The lowest BCUT2D eigenvalue weighted by Crippen LogP contribution is -2.03. The summed E-state index contributed by atoms with van der Waals surface area (Å²) in [7, 11) is 0. The zero-order valence-corrected chi connectivity index (χ0v) is 8.04. The maximum Gasteiger partial charge on any atom is 0.305 e. The molecule has 0 unspecified atom stereocenters. The van der Waals surface area contributed by atoms with E-state index in [2.05, 4.69) is 15.9 Å². The van der Waals surface area contributed by atoms with Gasteiger partial charge in [0.1, 0.15) is 0 Å². The average molecular weight is 249 g/mol. The molecular formula is C7H6BrFN2O2. The summed E-state index contributed by atoms with van der Waals surface area (Å²) in [4.78, 5) is 9.53. The van der Waals surface area contributed by atoms with Crippen LogP contribution in [0.4, 0.5) is 10.1 Å². The van der Waals surface area contributed by atoms with Gasteiger partial charge in [0.25, 0.3) is 0 Å². The van der Waals surface area contributed by atoms with Gasteiger partial charge in [-0.25, -0.2) is 0 Å². The average Bonchev–Trinajstić information content (AvgIpc) is 2.04. The molecule has 0 bridgehead atoms. The summed E-state index contributed by atoms with van der Waals surface area (Å²) < 4.78 is 13.7. The highest BCUT2D eigenvalue weighted by atomic mass is 79.9. The molecule has 0 heterocycles. The molecule has 0 fully saturated rings. The van der Waals surface area contributed by atoms with Gasteiger partial charge in [-0.3, -0.25) is 10.1 Å². The second-order valence-electron chi connectivity index (χ2n) is 2.32. The van der Waals surface area contributed by atoms with E-state index in [1.807, 2.05) is 0 Å². The second kappa shape index (κ2) is 3.80. The van der Waals surface area contributed by atoms with Crippen LogP contribution in [0.25, 0.3) is 0 Å². The highest BCUT2D eigenvalue weighted by molar-refractivity contribution is 9.10. The minimum absolute atomic E-state index is 0.0753. The monoisotopic (exact) mass is 248 g/mol. The highest BCUT2D eigenvalue weighted by Gasteiger charge is 2.18. The Balaban J connectivity index is 3.35. The Morgan fingerprint density at radius 2 is 2.23 bits per heavy atom. The number of rotatable bonds is 2. The minimum Gasteiger partial charge on any atom is -0.326 e. The highest BCUT2D eigenvalue weighted by Crippen LogP contribution is 2.26. The molecule has 0 aliphatic heterocycles. The SMILES string of the molecule is NCc1c(Br)ccc([N+](=O)[O-])c1F. The number of nitro groups is 1. The van der Waals surface area contributed by atoms with Crippen LogP contribution in [0.1, 0.15) is 5.56 Å². The van der Waals surface area contributed by atoms with Gasteiger partial charge in [-0.05, 0) is 6.07 Å². The molecule has 0 atom stereocenters. The summed E-state index contributed by atoms with van der Waals surface area (Å²) in [5, 5.41) is 10.3. The largest absolute Gasteiger partial charge is 0.326 e. The molecule has 0 amide bonds. The molecule has 13 heavy (non-hydrogen) atoms. The van der Waals surface area contributed by atoms with Crippen LogP contribution in [-0.2, 0) is 6.54 Å². The summed E-state index contributed by atoms with van der Waals surface area (Å²) in [5.41, 5.74) is 4.80. The number of nitrogens with zero attached hydrogens (tertiary/aromatic N) is 1. The van der Waals surface area contributed by atoms with Crippen molar-refractivity contribution in [2.24, 2.45) is 5.73 Å². The van der Waals surface area contributed by atoms with Gasteiger partial charge in [0.05, 0.1) is 4.92 Å². The maximum atomic E-state index is 13.2. The van der Waals surface area contributed by atoms with E-state index in [0.29, 0.717) is 4.47 Å². The molecule has 0 spiro atoms. The lowest BCUT2D eigenvalue weighted by molar-refractivity contribution is -0.387. The first-order valence-electron chi connectivity index (χ1n) is 3.39. The van der Waals surface area contributed by atoms with E-state index in [1.165, 1.54) is 6.07 Å². The van der Waals surface area contributed by atoms with Gasteiger partial charge < -0.3 is 5.73 Å². The fraction of sp³-hybridized carbons (Fsp3) is 0.143. The van der Waals surface area contributed by atoms with Gasteiger partial charge in [-0.2, -0.15) is 4.39 Å². The predicted molar refractivity (Wildman–Crippen MR) is 48.6 cm³/mol. The first-order valence-corrected chi connectivity index (χ1v) is 4.18. The van der Waals surface area contributed by atoms with Crippen molar-refractivity contribution >= 4 is 21.6 Å². The van der Waals surface area contributed by atoms with Crippen molar-refractivity contribution in [2.45, 2.75) is 6.54 Å². The summed E-state index contributed by atoms with van der Waals surface area (Å²) in [6, 6.07) is 2.50. The van der Waals surface area contributed by atoms with Crippen molar-refractivity contribution in [1.82, 2.24) is 0 Å². The molecule has 70 valence electrons. The zero-order valence-electron chi connectivity index (χ0n) is 6.46. The normalized spacial score (nSPS) is 10.1. The van der Waals surface area contributed by atoms with E-state index in [4.69, 9.17) is 5.73 Å². The van der Waals surface area contributed by atoms with Crippen molar-refractivity contribution < 1.29 is 9.31 Å². The number of hydrogen-bond acceptors (Lipinski definition) is 3. The van der Waals surface area contributed by atoms with E-state index in [9.17, 15) is 14.5 Å². The van der Waals surface area contributed by atoms with Gasteiger partial charge in [0, 0.05) is 22.6 Å². The van der Waals surface area contributed by atoms with Crippen molar-refractivity contribution in [2.75, 3.05) is 0 Å². The molecule has 2 N–H and O–H groups in total. The molecule has 0 radical (unpaired) electrons. The third-order valence-electron chi connectivity index (χ3n) is 1.57. The first-order chi connectivity index (χ1) is 6.07. The minimum atomic E-state index is -0.873. The number of hydrogen-bond donors (Lipinski definition) is 1. The third kappa shape index (κ3) is 1.84. The van der Waals surface area contributed by atoms with E-state index in [0.717, 1.165) is 6.07 Å². The van der Waals surface area contributed by atoms with E-state index >= 15 is 0 Å². The summed E-state index contributed by atoms with van der Waals surface area (Å²) in [6.45, 7) is -0.0753. The van der Waals surface area contributed by atoms with Crippen LogP contribution in [0.5, 0.6) is 0 Å². The molecule has 0 aliphatic rings. The van der Waals surface area contributed by atoms with Crippen LogP contribution < -0.4 is 5.73 Å². The van der Waals surface area contributed by atoms with Gasteiger partial charge in [0.15, 0.2) is 0 Å². The molecule has 0 aliphatic carbocycles. The van der Waals surface area contributed by atoms with E-state index in [1.54, 1.807) is 0 Å². The smallest absolute Gasteiger partial charge is 0.305 e. The van der Waals surface area contributed by atoms with E-state index < -0.39 is 16.4 Å². The van der Waals surface area contributed by atoms with Crippen LogP contribution in [0.15, 0.2) is 16.6 Å². The number of nitrogens with two attached hydrogens (primary N) is 1. The molecule has 0 saturated carbocycles. The number of halogens is 2. The van der Waals surface area contributed by atoms with Crippen molar-refractivity contribution in [3.63, 3.8) is 0 Å². The standard InChI is InChI=1S/C7H6BrFN2O2/c8-5-1-2-6(11(12)13)7(9)4(5)3-10/h1-2H,3,10H2. The summed E-state index contributed by atoms with van der Waals surface area (Å²) in [5.74, 6) is -0.873. The van der Waals surface area contributed by atoms with Gasteiger partial charge in [0.2, 0.25) is 5.82 Å². The Kier molecular flexibility index (Phi) is 2.94. The van der Waals surface area contributed by atoms with Gasteiger partial charge in [-0.15, -0.1) is 0 Å². The molecule has 4 nitrogen and oxygen atoms in total. The Morgan fingerprint density at radius 3 is 2.69 bits per heavy atom. The third-order valence-corrected chi connectivity index (χ3v) is 2.31. The van der Waals surface area contributed by atoms with Crippen LogP contribution in [0.2, 0.25) is 0 Å². The van der Waals surface area contributed by atoms with Crippen molar-refractivity contribution in [3.8, 4) is 0 Å². The van der Waals surface area contributed by atoms with Crippen LogP contribution in [0.3, 0.4) is 0 Å². The quantitative estimate of drug-likeness (QED) is 0.643. The number of nitro benzene ring substituents is 1. The van der Waals surface area contributed by atoms with Crippen LogP contribution in [-0.4, -0.2) is 4.92 Å². The van der Waals surface area contributed by atoms with Crippen molar-refractivity contribution in [1.29, 1.82) is 0 Å². The Hall–Kier alpha value is -1.01. The topological polar surface area (TPSA) is 69.2 Å². The predicted octanol–water partition coefficient (Wildman–Crippen LogP) is 1.96. The molecule has 6 heteroatoms. The lowest BCUT2D eigenvalue weighted by atomic mass is 10.2. The molecule has 0 saturated heterocycles. The molecule has 1 aromatic carbocycles. The van der Waals surface area contributed by atoms with Crippen LogP contribution >= 0.6 is 15.9 Å². The zero-order chi connectivity index (χ0) is 10.0. The fourth-order valence-electron chi connectivity index (χ4n) is 0.913. The van der Waals surface area contributed by atoms with Crippen LogP contribution in [0, 0.1) is 15.9 Å². The molecule has 0 aromatic heterocycles. The molecular weight excluding hydrogens is 243 g/mol. The van der Waals surface area contributed by atoms with Gasteiger partial charge in [-0.1, -0.05) is 15.9 Å². The summed E-state index contributed by atoms with van der Waals surface area (Å²) in [6.07, 6.45) is 0. The first kappa shape index (κ1) is 10.1. The second-order valence-corrected chi connectivity index (χ2v) is 3.17. The summed E-state index contributed by atoms with van der Waals surface area (Å²) >= 11 is 3.05. The Bertz CT molecular complexity index is 357. The fourth-order valence-corrected chi connectivity index (χ4v) is 1.38. The van der Waals surface area contributed by atoms with E-state index in [-0.39, 0.29) is 12.1 Å². The lowest BCUT2D eigenvalue weighted by Gasteiger charge is -2.02. The molecule has 1 rings (SSSR count). The maximum absolute atomic E-state index is 13.2.